The summed E-state index contributed by atoms with van der Waals surface area (Å²) in [6, 6.07) is 13.3. The third kappa shape index (κ3) is 4.69. The Morgan fingerprint density at radius 3 is 2.27 bits per heavy atom. The topological polar surface area (TPSA) is 118 Å². The zero-order valence-electron chi connectivity index (χ0n) is 16.9. The summed E-state index contributed by atoms with van der Waals surface area (Å²) in [6.07, 6.45) is 0. The number of nitrogens with two attached hydrogens (primary N) is 2. The van der Waals surface area contributed by atoms with E-state index < -0.39 is 0 Å². The Morgan fingerprint density at radius 2 is 1.70 bits per heavy atom. The smallest absolute Gasteiger partial charge is 0.204 e. The molecule has 156 valence electrons. The van der Waals surface area contributed by atoms with Gasteiger partial charge in [-0.3, -0.25) is 0 Å². The zero-order valence-corrected chi connectivity index (χ0v) is 17.7. The van der Waals surface area contributed by atoms with E-state index in [1.807, 2.05) is 30.3 Å². The number of ether oxygens (including phenoxy) is 3. The third-order valence-corrected chi connectivity index (χ3v) is 4.45. The van der Waals surface area contributed by atoms with E-state index in [0.717, 1.165) is 5.56 Å². The van der Waals surface area contributed by atoms with Gasteiger partial charge in [0.25, 0.3) is 0 Å². The van der Waals surface area contributed by atoms with Crippen molar-refractivity contribution in [3.8, 4) is 17.2 Å². The molecule has 0 unspecified atom stereocenters. The first-order valence-corrected chi connectivity index (χ1v) is 9.47. The van der Waals surface area contributed by atoms with Crippen LogP contribution in [0.2, 0.25) is 0 Å². The second-order valence-corrected chi connectivity index (χ2v) is 6.79. The monoisotopic (exact) mass is 425 g/mol. The predicted octanol–water partition coefficient (Wildman–Crippen LogP) is 3.34. The van der Waals surface area contributed by atoms with E-state index in [1.54, 1.807) is 33.3 Å². The molecular weight excluding hydrogens is 402 g/mol. The van der Waals surface area contributed by atoms with Crippen molar-refractivity contribution in [2.75, 3.05) is 25.3 Å². The highest BCUT2D eigenvalue weighted by atomic mass is 32.1. The van der Waals surface area contributed by atoms with Gasteiger partial charge in [-0.15, -0.1) is 0 Å². The minimum Gasteiger partial charge on any atom is -0.493 e. The number of anilines is 3. The van der Waals surface area contributed by atoms with Crippen LogP contribution in [-0.2, 0) is 6.61 Å². The van der Waals surface area contributed by atoms with Gasteiger partial charge in [0.15, 0.2) is 11.5 Å². The normalized spacial score (nSPS) is 10.4. The fraction of sp³-hybridized carbons (Fsp3) is 0.190. The van der Waals surface area contributed by atoms with Crippen LogP contribution in [0, 0.1) is 6.92 Å². The van der Waals surface area contributed by atoms with Crippen molar-refractivity contribution in [3.05, 3.63) is 59.4 Å². The molecule has 9 heteroatoms. The number of nitrogens with one attached hydrogen (secondary N) is 1. The first-order valence-electron chi connectivity index (χ1n) is 9.06. The largest absolute Gasteiger partial charge is 0.493 e. The lowest BCUT2D eigenvalue weighted by Gasteiger charge is -2.18. The molecule has 8 nitrogen and oxygen atoms in total. The van der Waals surface area contributed by atoms with Crippen LogP contribution in [0.1, 0.15) is 17.0 Å². The van der Waals surface area contributed by atoms with E-state index in [-0.39, 0.29) is 10.8 Å². The molecule has 0 spiro atoms. The van der Waals surface area contributed by atoms with E-state index in [0.29, 0.717) is 46.7 Å². The van der Waals surface area contributed by atoms with Crippen molar-refractivity contribution in [2.45, 2.75) is 13.5 Å². The van der Waals surface area contributed by atoms with Crippen molar-refractivity contribution < 1.29 is 14.2 Å². The summed E-state index contributed by atoms with van der Waals surface area (Å²) in [5, 5.41) is 3.17. The minimum absolute atomic E-state index is 0.0942. The van der Waals surface area contributed by atoms with Gasteiger partial charge in [0.2, 0.25) is 5.75 Å². The third-order valence-electron chi connectivity index (χ3n) is 4.24. The summed E-state index contributed by atoms with van der Waals surface area (Å²) in [5.41, 5.74) is 13.8. The molecule has 0 radical (unpaired) electrons. The SMILES string of the molecule is COc1cc(Nc2nc(C)nc(N)c2C(N)=S)cc(OC)c1OCc1ccccc1. The molecule has 5 N–H and O–H groups in total. The summed E-state index contributed by atoms with van der Waals surface area (Å²) in [7, 11) is 3.11. The van der Waals surface area contributed by atoms with Gasteiger partial charge in [-0.1, -0.05) is 42.5 Å². The Bertz CT molecular complexity index is 1040. The van der Waals surface area contributed by atoms with E-state index in [4.69, 9.17) is 37.9 Å². The van der Waals surface area contributed by atoms with E-state index in [2.05, 4.69) is 15.3 Å². The Kier molecular flexibility index (Phi) is 6.53. The Hall–Kier alpha value is -3.59. The predicted molar refractivity (Wildman–Crippen MR) is 121 cm³/mol. The molecule has 0 aliphatic carbocycles. The molecule has 0 aliphatic rings. The molecule has 0 saturated heterocycles. The van der Waals surface area contributed by atoms with Gasteiger partial charge in [-0.25, -0.2) is 9.97 Å². The van der Waals surface area contributed by atoms with Crippen LogP contribution < -0.4 is 31.0 Å². The number of thiocarbonyl (C=S) groups is 1. The van der Waals surface area contributed by atoms with Crippen LogP contribution in [0.5, 0.6) is 17.2 Å². The molecule has 0 bridgehead atoms. The van der Waals surface area contributed by atoms with Crippen LogP contribution in [0.25, 0.3) is 0 Å². The second kappa shape index (κ2) is 9.27. The van der Waals surface area contributed by atoms with E-state index >= 15 is 0 Å². The summed E-state index contributed by atoms with van der Waals surface area (Å²) in [5.74, 6) is 2.56. The number of nitrogens with zero attached hydrogens (tertiary/aromatic N) is 2. The molecule has 30 heavy (non-hydrogen) atoms. The first kappa shape index (κ1) is 21.1. The highest BCUT2D eigenvalue weighted by Gasteiger charge is 2.18. The Morgan fingerprint density at radius 1 is 1.07 bits per heavy atom. The van der Waals surface area contributed by atoms with Gasteiger partial charge in [0.05, 0.1) is 19.8 Å². The van der Waals surface area contributed by atoms with Crippen LogP contribution in [-0.4, -0.2) is 29.2 Å². The highest BCUT2D eigenvalue weighted by Crippen LogP contribution is 2.41. The van der Waals surface area contributed by atoms with Gasteiger partial charge in [0, 0.05) is 17.8 Å². The van der Waals surface area contributed by atoms with Crippen molar-refractivity contribution >= 4 is 34.5 Å². The average molecular weight is 426 g/mol. The lowest BCUT2D eigenvalue weighted by atomic mass is 10.2. The summed E-state index contributed by atoms with van der Waals surface area (Å²) in [4.78, 5) is 8.59. The molecule has 0 amide bonds. The number of methoxy groups -OCH3 is 2. The molecule has 0 saturated carbocycles. The minimum atomic E-state index is 0.0942. The summed E-state index contributed by atoms with van der Waals surface area (Å²) < 4.78 is 17.0. The van der Waals surface area contributed by atoms with Crippen molar-refractivity contribution in [1.82, 2.24) is 9.97 Å². The molecule has 0 atom stereocenters. The lowest BCUT2D eigenvalue weighted by molar-refractivity contribution is 0.266. The summed E-state index contributed by atoms with van der Waals surface area (Å²) in [6.45, 7) is 2.10. The van der Waals surface area contributed by atoms with Crippen LogP contribution in [0.3, 0.4) is 0 Å². The van der Waals surface area contributed by atoms with Crippen LogP contribution >= 0.6 is 12.2 Å². The molecule has 1 heterocycles. The zero-order chi connectivity index (χ0) is 21.7. The maximum atomic E-state index is 5.98. The fourth-order valence-electron chi connectivity index (χ4n) is 2.89. The highest BCUT2D eigenvalue weighted by molar-refractivity contribution is 7.80. The standard InChI is InChI=1S/C21H23N5O3S/c1-12-24-19(22)17(20(23)30)21(25-12)26-14-9-15(27-2)18(16(10-14)28-3)29-11-13-7-5-4-6-8-13/h4-10H,11H2,1-3H3,(H2,23,30)(H3,22,24,25,26). The second-order valence-electron chi connectivity index (χ2n) is 6.35. The van der Waals surface area contributed by atoms with Gasteiger partial charge in [-0.05, 0) is 12.5 Å². The molecule has 0 fully saturated rings. The Balaban J connectivity index is 1.95. The van der Waals surface area contributed by atoms with Gasteiger partial charge in [-0.2, -0.15) is 0 Å². The molecule has 3 aromatic rings. The van der Waals surface area contributed by atoms with Crippen molar-refractivity contribution in [2.24, 2.45) is 5.73 Å². The number of hydrogen-bond donors (Lipinski definition) is 3. The summed E-state index contributed by atoms with van der Waals surface area (Å²) >= 11 is 5.10. The lowest BCUT2D eigenvalue weighted by Crippen LogP contribution is -2.17. The molecule has 3 rings (SSSR count). The van der Waals surface area contributed by atoms with Crippen LogP contribution in [0.4, 0.5) is 17.3 Å². The first-order chi connectivity index (χ1) is 14.4. The molecule has 0 aliphatic heterocycles. The van der Waals surface area contributed by atoms with E-state index in [9.17, 15) is 0 Å². The van der Waals surface area contributed by atoms with Gasteiger partial charge in [0.1, 0.15) is 29.1 Å². The maximum absolute atomic E-state index is 5.98. The maximum Gasteiger partial charge on any atom is 0.204 e. The number of hydrogen-bond acceptors (Lipinski definition) is 8. The van der Waals surface area contributed by atoms with Crippen molar-refractivity contribution in [3.63, 3.8) is 0 Å². The van der Waals surface area contributed by atoms with Crippen molar-refractivity contribution in [1.29, 1.82) is 0 Å². The van der Waals surface area contributed by atoms with Crippen LogP contribution in [0.15, 0.2) is 42.5 Å². The quantitative estimate of drug-likeness (QED) is 0.467. The number of aryl methyl sites for hydroxylation is 1. The van der Waals surface area contributed by atoms with Gasteiger partial charge >= 0.3 is 0 Å². The molecular formula is C21H23N5O3S. The number of rotatable bonds is 8. The number of benzene rings is 2. The number of aromatic nitrogens is 2. The number of nitrogen functional groups attached to an aromatic ring is 1. The average Bonchev–Trinajstić information content (AvgIpc) is 2.72. The van der Waals surface area contributed by atoms with Gasteiger partial charge < -0.3 is 31.0 Å². The molecule has 2 aromatic carbocycles. The Labute approximate surface area is 180 Å². The molecule has 1 aromatic heterocycles. The fourth-order valence-corrected chi connectivity index (χ4v) is 3.09. The van der Waals surface area contributed by atoms with E-state index in [1.165, 1.54) is 0 Å².